The van der Waals surface area contributed by atoms with Crippen LogP contribution in [-0.4, -0.2) is 42.8 Å². The molecule has 1 aliphatic rings. The molecule has 1 heterocycles. The summed E-state index contributed by atoms with van der Waals surface area (Å²) in [7, 11) is -3.54. The van der Waals surface area contributed by atoms with Gasteiger partial charge in [-0.2, -0.15) is 4.31 Å². The zero-order chi connectivity index (χ0) is 14.9. The monoisotopic (exact) mass is 296 g/mol. The summed E-state index contributed by atoms with van der Waals surface area (Å²) in [5, 5.41) is 0. The Bertz CT molecular complexity index is 595. The van der Waals surface area contributed by atoms with Crippen molar-refractivity contribution in [2.24, 2.45) is 0 Å². The van der Waals surface area contributed by atoms with E-state index in [2.05, 4.69) is 0 Å². The standard InChI is InChI=1S/C14H20N2O3S/c1-4-14(17)15-9-10-16(12(15)3)20(18,19)13-7-5-11(2)6-8-13/h5-8,12H,4,9-10H2,1-3H3. The molecule has 5 nitrogen and oxygen atoms in total. The molecule has 0 aromatic heterocycles. The van der Waals surface area contributed by atoms with E-state index in [1.807, 2.05) is 6.92 Å². The molecule has 0 saturated carbocycles. The molecule has 0 aliphatic carbocycles. The zero-order valence-electron chi connectivity index (χ0n) is 12.0. The van der Waals surface area contributed by atoms with E-state index in [-0.39, 0.29) is 10.8 Å². The van der Waals surface area contributed by atoms with Crippen LogP contribution in [0.5, 0.6) is 0 Å². The molecule has 1 amide bonds. The van der Waals surface area contributed by atoms with Crippen LogP contribution in [0.15, 0.2) is 29.2 Å². The van der Waals surface area contributed by atoms with Crippen LogP contribution in [0.25, 0.3) is 0 Å². The Morgan fingerprint density at radius 2 is 1.85 bits per heavy atom. The highest BCUT2D eigenvalue weighted by Crippen LogP contribution is 2.24. The molecule has 0 bridgehead atoms. The van der Waals surface area contributed by atoms with Gasteiger partial charge in [0.05, 0.1) is 11.1 Å². The fourth-order valence-electron chi connectivity index (χ4n) is 2.44. The van der Waals surface area contributed by atoms with Crippen molar-refractivity contribution < 1.29 is 13.2 Å². The molecule has 20 heavy (non-hydrogen) atoms. The number of amides is 1. The van der Waals surface area contributed by atoms with E-state index in [1.165, 1.54) is 4.31 Å². The van der Waals surface area contributed by atoms with Gasteiger partial charge in [-0.15, -0.1) is 0 Å². The molecule has 0 spiro atoms. The van der Waals surface area contributed by atoms with Crippen molar-refractivity contribution in [3.63, 3.8) is 0 Å². The van der Waals surface area contributed by atoms with E-state index >= 15 is 0 Å². The quantitative estimate of drug-likeness (QED) is 0.851. The third-order valence-electron chi connectivity index (χ3n) is 3.68. The number of sulfonamides is 1. The third-order valence-corrected chi connectivity index (χ3v) is 5.65. The Hall–Kier alpha value is -1.40. The fraction of sp³-hybridized carbons (Fsp3) is 0.500. The maximum absolute atomic E-state index is 12.6. The van der Waals surface area contributed by atoms with Gasteiger partial charge >= 0.3 is 0 Å². The minimum absolute atomic E-state index is 0.0147. The number of hydrogen-bond donors (Lipinski definition) is 0. The summed E-state index contributed by atoms with van der Waals surface area (Å²) in [5.74, 6) is -0.0147. The van der Waals surface area contributed by atoms with Crippen molar-refractivity contribution in [2.75, 3.05) is 13.1 Å². The van der Waals surface area contributed by atoms with Crippen LogP contribution in [0.3, 0.4) is 0 Å². The lowest BCUT2D eigenvalue weighted by atomic mass is 10.2. The second-order valence-corrected chi connectivity index (χ2v) is 6.89. The molecule has 6 heteroatoms. The highest BCUT2D eigenvalue weighted by molar-refractivity contribution is 7.89. The summed E-state index contributed by atoms with van der Waals surface area (Å²) in [6, 6.07) is 6.79. The number of nitrogens with zero attached hydrogens (tertiary/aromatic N) is 2. The largest absolute Gasteiger partial charge is 0.325 e. The molecule has 0 radical (unpaired) electrons. The molecule has 1 aromatic carbocycles. The number of benzene rings is 1. The molecule has 110 valence electrons. The minimum atomic E-state index is -3.54. The minimum Gasteiger partial charge on any atom is -0.325 e. The van der Waals surface area contributed by atoms with Crippen molar-refractivity contribution >= 4 is 15.9 Å². The average molecular weight is 296 g/mol. The SMILES string of the molecule is CCC(=O)N1CCN(S(=O)(=O)c2ccc(C)cc2)C1C. The Balaban J connectivity index is 2.27. The van der Waals surface area contributed by atoms with Crippen LogP contribution < -0.4 is 0 Å². The Morgan fingerprint density at radius 1 is 1.25 bits per heavy atom. The van der Waals surface area contributed by atoms with E-state index in [0.29, 0.717) is 19.5 Å². The van der Waals surface area contributed by atoms with Gasteiger partial charge in [-0.25, -0.2) is 8.42 Å². The molecule has 1 atom stereocenters. The first-order valence-corrected chi connectivity index (χ1v) is 8.20. The van der Waals surface area contributed by atoms with E-state index < -0.39 is 16.2 Å². The number of carbonyl (C=O) groups is 1. The first kappa shape index (κ1) is 15.0. The molecular formula is C14H20N2O3S. The predicted molar refractivity (Wildman–Crippen MR) is 76.5 cm³/mol. The van der Waals surface area contributed by atoms with Gasteiger partial charge in [-0.05, 0) is 26.0 Å². The molecule has 1 saturated heterocycles. The van der Waals surface area contributed by atoms with Crippen molar-refractivity contribution in [1.29, 1.82) is 0 Å². The number of aryl methyl sites for hydroxylation is 1. The second-order valence-electron chi connectivity index (χ2n) is 5.00. The maximum Gasteiger partial charge on any atom is 0.244 e. The maximum atomic E-state index is 12.6. The van der Waals surface area contributed by atoms with Crippen molar-refractivity contribution in [3.8, 4) is 0 Å². The topological polar surface area (TPSA) is 57.7 Å². The van der Waals surface area contributed by atoms with Gasteiger partial charge in [-0.3, -0.25) is 4.79 Å². The van der Waals surface area contributed by atoms with Crippen LogP contribution in [0.4, 0.5) is 0 Å². The summed E-state index contributed by atoms with van der Waals surface area (Å²) >= 11 is 0. The van der Waals surface area contributed by atoms with Crippen LogP contribution in [0.1, 0.15) is 25.8 Å². The highest BCUT2D eigenvalue weighted by atomic mass is 32.2. The summed E-state index contributed by atoms with van der Waals surface area (Å²) in [4.78, 5) is 13.7. The second kappa shape index (κ2) is 5.54. The molecule has 1 fully saturated rings. The average Bonchev–Trinajstić information content (AvgIpc) is 2.81. The van der Waals surface area contributed by atoms with Gasteiger partial charge in [0.1, 0.15) is 0 Å². The van der Waals surface area contributed by atoms with E-state index in [1.54, 1.807) is 43.0 Å². The van der Waals surface area contributed by atoms with E-state index in [0.717, 1.165) is 5.56 Å². The highest BCUT2D eigenvalue weighted by Gasteiger charge is 2.38. The first-order chi connectivity index (χ1) is 9.37. The smallest absolute Gasteiger partial charge is 0.244 e. The zero-order valence-corrected chi connectivity index (χ0v) is 12.9. The van der Waals surface area contributed by atoms with Crippen LogP contribution in [0.2, 0.25) is 0 Å². The summed E-state index contributed by atoms with van der Waals surface area (Å²) in [6.45, 7) is 6.26. The lowest BCUT2D eigenvalue weighted by Crippen LogP contribution is -2.42. The molecule has 1 aliphatic heterocycles. The molecule has 2 rings (SSSR count). The normalized spacial score (nSPS) is 20.4. The van der Waals surface area contributed by atoms with E-state index in [9.17, 15) is 13.2 Å². The van der Waals surface area contributed by atoms with Gasteiger partial charge in [-0.1, -0.05) is 24.6 Å². The van der Waals surface area contributed by atoms with Crippen molar-refractivity contribution in [2.45, 2.75) is 38.3 Å². The van der Waals surface area contributed by atoms with Crippen molar-refractivity contribution in [1.82, 2.24) is 9.21 Å². The van der Waals surface area contributed by atoms with Gasteiger partial charge in [0.15, 0.2) is 0 Å². The van der Waals surface area contributed by atoms with Crippen LogP contribution in [0, 0.1) is 6.92 Å². The number of hydrogen-bond acceptors (Lipinski definition) is 3. The molecule has 0 N–H and O–H groups in total. The van der Waals surface area contributed by atoms with E-state index in [4.69, 9.17) is 0 Å². The van der Waals surface area contributed by atoms with Crippen LogP contribution >= 0.6 is 0 Å². The van der Waals surface area contributed by atoms with Gasteiger partial charge in [0, 0.05) is 19.5 Å². The summed E-state index contributed by atoms with van der Waals surface area (Å²) in [5.41, 5.74) is 1.02. The molecular weight excluding hydrogens is 276 g/mol. The molecule has 1 unspecified atom stereocenters. The Kier molecular flexibility index (Phi) is 4.15. The Morgan fingerprint density at radius 3 is 2.40 bits per heavy atom. The van der Waals surface area contributed by atoms with Crippen molar-refractivity contribution in [3.05, 3.63) is 29.8 Å². The molecule has 1 aromatic rings. The fourth-order valence-corrected chi connectivity index (χ4v) is 4.03. The number of carbonyl (C=O) groups excluding carboxylic acids is 1. The first-order valence-electron chi connectivity index (χ1n) is 6.76. The predicted octanol–water partition coefficient (Wildman–Crippen LogP) is 1.58. The summed E-state index contributed by atoms with van der Waals surface area (Å²) < 4.78 is 26.6. The Labute approximate surface area is 120 Å². The lowest BCUT2D eigenvalue weighted by molar-refractivity contribution is -0.132. The number of rotatable bonds is 3. The van der Waals surface area contributed by atoms with Gasteiger partial charge in [0.2, 0.25) is 15.9 Å². The third kappa shape index (κ3) is 2.58. The lowest BCUT2D eigenvalue weighted by Gasteiger charge is -2.26. The van der Waals surface area contributed by atoms with Gasteiger partial charge < -0.3 is 4.90 Å². The van der Waals surface area contributed by atoms with Gasteiger partial charge in [0.25, 0.3) is 0 Å². The van der Waals surface area contributed by atoms with Crippen LogP contribution in [-0.2, 0) is 14.8 Å². The summed E-state index contributed by atoms with van der Waals surface area (Å²) in [6.07, 6.45) is -0.0308.